The van der Waals surface area contributed by atoms with Crippen molar-refractivity contribution in [3.05, 3.63) is 58.9 Å². The quantitative estimate of drug-likeness (QED) is 0.441. The summed E-state index contributed by atoms with van der Waals surface area (Å²) in [6.45, 7) is 4.56. The maximum Gasteiger partial charge on any atom is 0.339 e. The summed E-state index contributed by atoms with van der Waals surface area (Å²) >= 11 is 0. The standard InChI is InChI=1S/C23H27FO3/c1-4-5-14-27-22(23(25)26-3)20-15(2)6-13-19(16-7-8-16)21(20)17-9-11-18(24)12-10-17/h6,9-13,16,22H,4-5,7-8,14H2,1-3H3. The fourth-order valence-corrected chi connectivity index (χ4v) is 3.47. The number of unbranched alkanes of at least 4 members (excludes halogenated alkanes) is 1. The third-order valence-electron chi connectivity index (χ3n) is 5.11. The van der Waals surface area contributed by atoms with Crippen molar-refractivity contribution in [2.45, 2.75) is 51.6 Å². The maximum atomic E-state index is 13.5. The van der Waals surface area contributed by atoms with E-state index in [9.17, 15) is 9.18 Å². The molecule has 0 saturated heterocycles. The average molecular weight is 370 g/mol. The smallest absolute Gasteiger partial charge is 0.339 e. The molecule has 0 aliphatic heterocycles. The lowest BCUT2D eigenvalue weighted by Crippen LogP contribution is -2.20. The minimum atomic E-state index is -0.777. The average Bonchev–Trinajstić information content (AvgIpc) is 3.51. The van der Waals surface area contributed by atoms with Crippen molar-refractivity contribution in [2.75, 3.05) is 13.7 Å². The molecule has 3 nitrogen and oxygen atoms in total. The van der Waals surface area contributed by atoms with Crippen LogP contribution in [0.4, 0.5) is 4.39 Å². The molecule has 1 atom stereocenters. The van der Waals surface area contributed by atoms with Crippen LogP contribution in [0.5, 0.6) is 0 Å². The fourth-order valence-electron chi connectivity index (χ4n) is 3.47. The molecule has 0 aromatic heterocycles. The number of rotatable bonds is 8. The van der Waals surface area contributed by atoms with Gasteiger partial charge in [0.05, 0.1) is 7.11 Å². The number of benzene rings is 2. The molecule has 0 bridgehead atoms. The lowest BCUT2D eigenvalue weighted by atomic mass is 9.86. The van der Waals surface area contributed by atoms with Crippen LogP contribution in [0, 0.1) is 12.7 Å². The number of ether oxygens (including phenoxy) is 2. The summed E-state index contributed by atoms with van der Waals surface area (Å²) in [6, 6.07) is 10.7. The molecule has 0 radical (unpaired) electrons. The van der Waals surface area contributed by atoms with Gasteiger partial charge in [0.15, 0.2) is 6.10 Å². The van der Waals surface area contributed by atoms with E-state index in [-0.39, 0.29) is 5.82 Å². The van der Waals surface area contributed by atoms with E-state index in [0.29, 0.717) is 12.5 Å². The lowest BCUT2D eigenvalue weighted by Gasteiger charge is -2.24. The Morgan fingerprint density at radius 2 is 1.89 bits per heavy atom. The topological polar surface area (TPSA) is 35.5 Å². The van der Waals surface area contributed by atoms with E-state index in [4.69, 9.17) is 9.47 Å². The van der Waals surface area contributed by atoms with Crippen molar-refractivity contribution < 1.29 is 18.7 Å². The first-order valence-corrected chi connectivity index (χ1v) is 9.65. The third kappa shape index (κ3) is 4.38. The Kier molecular flexibility index (Phi) is 6.27. The van der Waals surface area contributed by atoms with Gasteiger partial charge in [-0.25, -0.2) is 9.18 Å². The van der Waals surface area contributed by atoms with E-state index < -0.39 is 12.1 Å². The monoisotopic (exact) mass is 370 g/mol. The van der Waals surface area contributed by atoms with E-state index in [1.54, 1.807) is 12.1 Å². The maximum absolute atomic E-state index is 13.5. The number of esters is 1. The first kappa shape index (κ1) is 19.6. The Hall–Kier alpha value is -2.20. The molecule has 0 amide bonds. The lowest BCUT2D eigenvalue weighted by molar-refractivity contribution is -0.154. The Balaban J connectivity index is 2.15. The van der Waals surface area contributed by atoms with E-state index in [1.807, 2.05) is 6.92 Å². The molecule has 27 heavy (non-hydrogen) atoms. The molecule has 1 aliphatic rings. The van der Waals surface area contributed by atoms with Gasteiger partial charge in [-0.1, -0.05) is 37.6 Å². The number of aryl methyl sites for hydroxylation is 1. The van der Waals surface area contributed by atoms with Gasteiger partial charge >= 0.3 is 5.97 Å². The Morgan fingerprint density at radius 3 is 2.48 bits per heavy atom. The Morgan fingerprint density at radius 1 is 1.19 bits per heavy atom. The summed E-state index contributed by atoms with van der Waals surface area (Å²) in [4.78, 5) is 12.6. The largest absolute Gasteiger partial charge is 0.467 e. The third-order valence-corrected chi connectivity index (χ3v) is 5.11. The van der Waals surface area contributed by atoms with Crippen LogP contribution in [0.2, 0.25) is 0 Å². The molecule has 1 unspecified atom stereocenters. The highest BCUT2D eigenvalue weighted by Gasteiger charge is 2.33. The number of carbonyl (C=O) groups excluding carboxylic acids is 1. The predicted molar refractivity (Wildman–Crippen MR) is 104 cm³/mol. The van der Waals surface area contributed by atoms with Gasteiger partial charge in [-0.15, -0.1) is 0 Å². The van der Waals surface area contributed by atoms with Gasteiger partial charge in [0, 0.05) is 12.2 Å². The van der Waals surface area contributed by atoms with Crippen LogP contribution < -0.4 is 0 Å². The second-order valence-electron chi connectivity index (χ2n) is 7.17. The van der Waals surface area contributed by atoms with Crippen LogP contribution in [0.25, 0.3) is 11.1 Å². The number of halogens is 1. The first-order valence-electron chi connectivity index (χ1n) is 9.65. The fraction of sp³-hybridized carbons (Fsp3) is 0.435. The van der Waals surface area contributed by atoms with Gasteiger partial charge in [0.1, 0.15) is 5.82 Å². The Labute approximate surface area is 160 Å². The van der Waals surface area contributed by atoms with Crippen LogP contribution >= 0.6 is 0 Å². The van der Waals surface area contributed by atoms with Crippen molar-refractivity contribution in [3.8, 4) is 11.1 Å². The van der Waals surface area contributed by atoms with Crippen LogP contribution in [-0.4, -0.2) is 19.7 Å². The van der Waals surface area contributed by atoms with Crippen molar-refractivity contribution >= 4 is 5.97 Å². The zero-order chi connectivity index (χ0) is 19.4. The molecule has 3 rings (SSSR count). The van der Waals surface area contributed by atoms with E-state index in [2.05, 4.69) is 19.1 Å². The SMILES string of the molecule is CCCCOC(C(=O)OC)c1c(C)ccc(C2CC2)c1-c1ccc(F)cc1. The second-order valence-corrected chi connectivity index (χ2v) is 7.17. The highest BCUT2D eigenvalue weighted by molar-refractivity contribution is 5.84. The van der Waals surface area contributed by atoms with E-state index in [1.165, 1.54) is 24.8 Å². The molecule has 2 aromatic carbocycles. The van der Waals surface area contributed by atoms with Gasteiger partial charge in [0.2, 0.25) is 0 Å². The summed E-state index contributed by atoms with van der Waals surface area (Å²) < 4.78 is 24.6. The zero-order valence-electron chi connectivity index (χ0n) is 16.3. The van der Waals surface area contributed by atoms with Crippen molar-refractivity contribution in [1.82, 2.24) is 0 Å². The molecular formula is C23H27FO3. The summed E-state index contributed by atoms with van der Waals surface area (Å²) in [5.74, 6) is -0.187. The number of hydrogen-bond acceptors (Lipinski definition) is 3. The van der Waals surface area contributed by atoms with Gasteiger partial charge in [-0.3, -0.25) is 0 Å². The molecule has 1 saturated carbocycles. The minimum absolute atomic E-state index is 0.273. The predicted octanol–water partition coefficient (Wildman–Crippen LogP) is 5.71. The molecule has 0 spiro atoms. The minimum Gasteiger partial charge on any atom is -0.467 e. The van der Waals surface area contributed by atoms with Crippen molar-refractivity contribution in [2.24, 2.45) is 0 Å². The highest BCUT2D eigenvalue weighted by Crippen LogP contribution is 2.47. The molecule has 0 heterocycles. The first-order chi connectivity index (χ1) is 13.1. The molecule has 2 aromatic rings. The highest BCUT2D eigenvalue weighted by atomic mass is 19.1. The molecule has 4 heteroatoms. The van der Waals surface area contributed by atoms with Gasteiger partial charge in [-0.2, -0.15) is 0 Å². The molecule has 144 valence electrons. The molecule has 1 aliphatic carbocycles. The molecule has 0 N–H and O–H groups in total. The Bertz CT molecular complexity index is 794. The number of carbonyl (C=O) groups is 1. The van der Waals surface area contributed by atoms with Crippen molar-refractivity contribution in [1.29, 1.82) is 0 Å². The van der Waals surface area contributed by atoms with Crippen molar-refractivity contribution in [3.63, 3.8) is 0 Å². The summed E-state index contributed by atoms with van der Waals surface area (Å²) in [7, 11) is 1.39. The van der Waals surface area contributed by atoms with Crippen LogP contribution in [0.3, 0.4) is 0 Å². The van der Waals surface area contributed by atoms with E-state index >= 15 is 0 Å². The van der Waals surface area contributed by atoms with Gasteiger partial charge in [0.25, 0.3) is 0 Å². The molecule has 1 fully saturated rings. The number of methoxy groups -OCH3 is 1. The second kappa shape index (κ2) is 8.66. The normalized spacial score (nSPS) is 14.8. The zero-order valence-corrected chi connectivity index (χ0v) is 16.3. The summed E-state index contributed by atoms with van der Waals surface area (Å²) in [5.41, 5.74) is 4.92. The summed E-state index contributed by atoms with van der Waals surface area (Å²) in [5, 5.41) is 0. The van der Waals surface area contributed by atoms with E-state index in [0.717, 1.165) is 47.9 Å². The van der Waals surface area contributed by atoms with Gasteiger partial charge < -0.3 is 9.47 Å². The van der Waals surface area contributed by atoms with Crippen LogP contribution in [0.15, 0.2) is 36.4 Å². The molecular weight excluding hydrogens is 343 g/mol. The number of hydrogen-bond donors (Lipinski definition) is 0. The summed E-state index contributed by atoms with van der Waals surface area (Å²) in [6.07, 6.45) is 3.35. The van der Waals surface area contributed by atoms with Crippen LogP contribution in [-0.2, 0) is 14.3 Å². The van der Waals surface area contributed by atoms with Crippen LogP contribution in [0.1, 0.15) is 61.3 Å². The van der Waals surface area contributed by atoms with Gasteiger partial charge in [-0.05, 0) is 66.5 Å².